The lowest BCUT2D eigenvalue weighted by atomic mass is 10.1. The molecule has 7 heteroatoms. The molecular formula is C15H16ClN3O3. The Labute approximate surface area is 133 Å². The fourth-order valence-electron chi connectivity index (χ4n) is 2.60. The maximum atomic E-state index is 12.6. The third kappa shape index (κ3) is 2.78. The van der Waals surface area contributed by atoms with Crippen LogP contribution in [0.3, 0.4) is 0 Å². The molecule has 1 aliphatic rings. The summed E-state index contributed by atoms with van der Waals surface area (Å²) in [5.74, 6) is 1.76. The van der Waals surface area contributed by atoms with Gasteiger partial charge in [0.25, 0.3) is 5.91 Å². The maximum Gasteiger partial charge on any atom is 0.254 e. The molecule has 0 N–H and O–H groups in total. The normalized spacial score (nSPS) is 17.8. The largest absolute Gasteiger partial charge is 0.495 e. The molecule has 116 valence electrons. The van der Waals surface area contributed by atoms with Gasteiger partial charge in [-0.25, -0.2) is 0 Å². The Hall–Kier alpha value is -2.08. The second-order valence-corrected chi connectivity index (χ2v) is 5.67. The van der Waals surface area contributed by atoms with Crippen molar-refractivity contribution in [2.24, 2.45) is 0 Å². The summed E-state index contributed by atoms with van der Waals surface area (Å²) >= 11 is 5.99. The van der Waals surface area contributed by atoms with E-state index in [1.54, 1.807) is 30.0 Å². The zero-order valence-corrected chi connectivity index (χ0v) is 13.1. The molecule has 22 heavy (non-hydrogen) atoms. The van der Waals surface area contributed by atoms with Crippen LogP contribution in [0.1, 0.15) is 34.4 Å². The lowest BCUT2D eigenvalue weighted by Gasteiger charge is -2.16. The van der Waals surface area contributed by atoms with Gasteiger partial charge in [-0.15, -0.1) is 0 Å². The Kier molecular flexibility index (Phi) is 4.02. The Morgan fingerprint density at radius 1 is 1.50 bits per heavy atom. The van der Waals surface area contributed by atoms with Crippen LogP contribution in [0, 0.1) is 6.92 Å². The Morgan fingerprint density at radius 3 is 3.00 bits per heavy atom. The minimum Gasteiger partial charge on any atom is -0.495 e. The summed E-state index contributed by atoms with van der Waals surface area (Å²) in [7, 11) is 1.53. The molecule has 0 radical (unpaired) electrons. The van der Waals surface area contributed by atoms with E-state index in [0.717, 1.165) is 6.42 Å². The van der Waals surface area contributed by atoms with Crippen molar-refractivity contribution < 1.29 is 14.1 Å². The van der Waals surface area contributed by atoms with Crippen molar-refractivity contribution in [2.75, 3.05) is 20.2 Å². The molecule has 0 aliphatic carbocycles. The number of aryl methyl sites for hydroxylation is 1. The van der Waals surface area contributed by atoms with Crippen LogP contribution in [-0.2, 0) is 0 Å². The van der Waals surface area contributed by atoms with E-state index in [1.807, 2.05) is 0 Å². The van der Waals surface area contributed by atoms with E-state index in [0.29, 0.717) is 41.1 Å². The highest BCUT2D eigenvalue weighted by molar-refractivity contribution is 6.32. The number of benzene rings is 1. The number of likely N-dealkylation sites (tertiary alicyclic amines) is 1. The average molecular weight is 322 g/mol. The van der Waals surface area contributed by atoms with Crippen LogP contribution in [0.4, 0.5) is 0 Å². The van der Waals surface area contributed by atoms with Crippen molar-refractivity contribution in [3.63, 3.8) is 0 Å². The van der Waals surface area contributed by atoms with Gasteiger partial charge in [-0.2, -0.15) is 4.98 Å². The Morgan fingerprint density at radius 2 is 2.32 bits per heavy atom. The monoisotopic (exact) mass is 321 g/mol. The van der Waals surface area contributed by atoms with E-state index in [4.69, 9.17) is 20.9 Å². The quantitative estimate of drug-likeness (QED) is 0.869. The number of halogens is 1. The molecule has 2 heterocycles. The number of methoxy groups -OCH3 is 1. The van der Waals surface area contributed by atoms with Crippen molar-refractivity contribution in [1.29, 1.82) is 0 Å². The first-order chi connectivity index (χ1) is 10.6. The van der Waals surface area contributed by atoms with Gasteiger partial charge < -0.3 is 14.2 Å². The van der Waals surface area contributed by atoms with Gasteiger partial charge in [0.1, 0.15) is 5.75 Å². The molecular weight excluding hydrogens is 306 g/mol. The third-order valence-electron chi connectivity index (χ3n) is 3.77. The topological polar surface area (TPSA) is 68.5 Å². The SMILES string of the molecule is COc1cc(C(=O)N2CC[C@@H](c3nc(C)no3)C2)ccc1Cl. The van der Waals surface area contributed by atoms with Gasteiger partial charge in [-0.1, -0.05) is 16.8 Å². The second-order valence-electron chi connectivity index (χ2n) is 5.27. The summed E-state index contributed by atoms with van der Waals surface area (Å²) in [5.41, 5.74) is 0.559. The zero-order chi connectivity index (χ0) is 15.7. The predicted octanol–water partition coefficient (Wildman–Crippen LogP) is 2.67. The van der Waals surface area contributed by atoms with Gasteiger partial charge in [0.05, 0.1) is 18.1 Å². The first kappa shape index (κ1) is 14.8. The van der Waals surface area contributed by atoms with Crippen molar-refractivity contribution in [3.05, 3.63) is 40.5 Å². The number of aromatic nitrogens is 2. The first-order valence-electron chi connectivity index (χ1n) is 7.01. The summed E-state index contributed by atoms with van der Waals surface area (Å²) in [4.78, 5) is 18.6. The average Bonchev–Trinajstić information content (AvgIpc) is 3.15. The molecule has 1 aromatic heterocycles. The maximum absolute atomic E-state index is 12.6. The molecule has 0 spiro atoms. The number of hydrogen-bond acceptors (Lipinski definition) is 5. The van der Waals surface area contributed by atoms with E-state index >= 15 is 0 Å². The fraction of sp³-hybridized carbons (Fsp3) is 0.400. The number of ether oxygens (including phenoxy) is 1. The first-order valence-corrected chi connectivity index (χ1v) is 7.39. The van der Waals surface area contributed by atoms with Gasteiger partial charge >= 0.3 is 0 Å². The molecule has 3 rings (SSSR count). The molecule has 0 saturated carbocycles. The van der Waals surface area contributed by atoms with Crippen molar-refractivity contribution in [1.82, 2.24) is 15.0 Å². The van der Waals surface area contributed by atoms with Crippen molar-refractivity contribution in [2.45, 2.75) is 19.3 Å². The lowest BCUT2D eigenvalue weighted by molar-refractivity contribution is 0.0789. The van der Waals surface area contributed by atoms with Gasteiger partial charge in [0.2, 0.25) is 5.89 Å². The van der Waals surface area contributed by atoms with Crippen LogP contribution >= 0.6 is 11.6 Å². The number of carbonyl (C=O) groups excluding carboxylic acids is 1. The molecule has 0 bridgehead atoms. The van der Waals surface area contributed by atoms with E-state index < -0.39 is 0 Å². The molecule has 2 aromatic rings. The van der Waals surface area contributed by atoms with E-state index in [9.17, 15) is 4.79 Å². The highest BCUT2D eigenvalue weighted by atomic mass is 35.5. The molecule has 1 amide bonds. The van der Waals surface area contributed by atoms with Crippen molar-refractivity contribution >= 4 is 17.5 Å². The van der Waals surface area contributed by atoms with Gasteiger partial charge in [0, 0.05) is 18.7 Å². The standard InChI is InChI=1S/C15H16ClN3O3/c1-9-17-14(22-18-9)11-5-6-19(8-11)15(20)10-3-4-12(16)13(7-10)21-2/h3-4,7,11H,5-6,8H2,1-2H3/t11-/m1/s1. The van der Waals surface area contributed by atoms with Crippen LogP contribution in [-0.4, -0.2) is 41.1 Å². The van der Waals surface area contributed by atoms with Crippen molar-refractivity contribution in [3.8, 4) is 5.75 Å². The number of amides is 1. The highest BCUT2D eigenvalue weighted by Crippen LogP contribution is 2.29. The van der Waals surface area contributed by atoms with Crippen LogP contribution < -0.4 is 4.74 Å². The lowest BCUT2D eigenvalue weighted by Crippen LogP contribution is -2.28. The summed E-state index contributed by atoms with van der Waals surface area (Å²) < 4.78 is 10.4. The summed E-state index contributed by atoms with van der Waals surface area (Å²) in [6, 6.07) is 5.04. The molecule has 1 saturated heterocycles. The van der Waals surface area contributed by atoms with Gasteiger partial charge in [0.15, 0.2) is 5.82 Å². The summed E-state index contributed by atoms with van der Waals surface area (Å²) in [6.07, 6.45) is 0.818. The molecule has 1 aromatic carbocycles. The molecule has 1 fully saturated rings. The van der Waals surface area contributed by atoms with Crippen LogP contribution in [0.15, 0.2) is 22.7 Å². The van der Waals surface area contributed by atoms with Gasteiger partial charge in [-0.3, -0.25) is 4.79 Å². The smallest absolute Gasteiger partial charge is 0.254 e. The molecule has 6 nitrogen and oxygen atoms in total. The summed E-state index contributed by atoms with van der Waals surface area (Å²) in [5, 5.41) is 4.29. The Balaban J connectivity index is 1.74. The molecule has 0 unspecified atom stereocenters. The fourth-order valence-corrected chi connectivity index (χ4v) is 2.80. The predicted molar refractivity (Wildman–Crippen MR) is 80.3 cm³/mol. The number of carbonyl (C=O) groups is 1. The van der Waals surface area contributed by atoms with Crippen LogP contribution in [0.25, 0.3) is 0 Å². The summed E-state index contributed by atoms with van der Waals surface area (Å²) in [6.45, 7) is 3.02. The highest BCUT2D eigenvalue weighted by Gasteiger charge is 2.31. The molecule has 1 atom stereocenters. The van der Waals surface area contributed by atoms with E-state index in [-0.39, 0.29) is 11.8 Å². The van der Waals surface area contributed by atoms with Crippen LogP contribution in [0.5, 0.6) is 5.75 Å². The number of nitrogens with zero attached hydrogens (tertiary/aromatic N) is 3. The number of rotatable bonds is 3. The minimum atomic E-state index is -0.0475. The third-order valence-corrected chi connectivity index (χ3v) is 4.08. The Bertz CT molecular complexity index is 701. The van der Waals surface area contributed by atoms with Crippen LogP contribution in [0.2, 0.25) is 5.02 Å². The molecule has 1 aliphatic heterocycles. The second kappa shape index (κ2) is 5.96. The number of hydrogen-bond donors (Lipinski definition) is 0. The van der Waals surface area contributed by atoms with E-state index in [2.05, 4.69) is 10.1 Å². The van der Waals surface area contributed by atoms with E-state index in [1.165, 1.54) is 7.11 Å². The minimum absolute atomic E-state index is 0.0475. The van der Waals surface area contributed by atoms with Gasteiger partial charge in [-0.05, 0) is 31.5 Å². The zero-order valence-electron chi connectivity index (χ0n) is 12.4.